The van der Waals surface area contributed by atoms with Crippen molar-refractivity contribution in [2.24, 2.45) is 0 Å². The molecular weight excluding hydrogens is 434 g/mol. The number of amides is 1. The maximum absolute atomic E-state index is 14.1. The molecule has 0 aliphatic carbocycles. The number of ether oxygens (including phenoxy) is 2. The topological polar surface area (TPSA) is 101 Å². The molecule has 2 unspecified atom stereocenters. The van der Waals surface area contributed by atoms with E-state index in [0.29, 0.717) is 23.7 Å². The van der Waals surface area contributed by atoms with Crippen molar-refractivity contribution in [1.82, 2.24) is 14.9 Å². The first kappa shape index (κ1) is 19.9. The number of fused-ring (bicyclic) bond motifs is 3. The van der Waals surface area contributed by atoms with Crippen LogP contribution in [0.2, 0.25) is 0 Å². The Bertz CT molecular complexity index is 1110. The number of benzene rings is 1. The lowest BCUT2D eigenvalue weighted by atomic mass is 9.88. The number of thiazole rings is 1. The molecule has 3 aliphatic heterocycles. The van der Waals surface area contributed by atoms with Gasteiger partial charge in [-0.25, -0.2) is 9.78 Å². The third-order valence-electron chi connectivity index (χ3n) is 5.41. The van der Waals surface area contributed by atoms with Gasteiger partial charge in [-0.3, -0.25) is 4.90 Å². The van der Waals surface area contributed by atoms with Gasteiger partial charge in [0, 0.05) is 31.8 Å². The normalized spacial score (nSPS) is 20.7. The molecule has 0 saturated carbocycles. The van der Waals surface area contributed by atoms with Gasteiger partial charge in [0.25, 0.3) is 6.01 Å². The van der Waals surface area contributed by atoms with Crippen molar-refractivity contribution in [3.8, 4) is 16.3 Å². The van der Waals surface area contributed by atoms with Crippen LogP contribution in [-0.4, -0.2) is 71.1 Å². The second kappa shape index (κ2) is 7.31. The van der Waals surface area contributed by atoms with Gasteiger partial charge in [-0.2, -0.15) is 13.8 Å². The third-order valence-corrected chi connectivity index (χ3v) is 6.22. The largest absolute Gasteiger partial charge is 0.465 e. The molecule has 3 aliphatic rings. The molecule has 3 aromatic rings. The summed E-state index contributed by atoms with van der Waals surface area (Å²) in [6, 6.07) is 2.96. The van der Waals surface area contributed by atoms with Gasteiger partial charge in [-0.15, -0.1) is 11.3 Å². The van der Waals surface area contributed by atoms with E-state index in [2.05, 4.69) is 14.7 Å². The number of hydrogen-bond acceptors (Lipinski definition) is 8. The first-order valence-electron chi connectivity index (χ1n) is 9.51. The van der Waals surface area contributed by atoms with Gasteiger partial charge in [0.1, 0.15) is 11.6 Å². The summed E-state index contributed by atoms with van der Waals surface area (Å²) in [7, 11) is 1.16. The van der Waals surface area contributed by atoms with Crippen molar-refractivity contribution in [2.45, 2.75) is 24.6 Å². The molecule has 2 atom stereocenters. The summed E-state index contributed by atoms with van der Waals surface area (Å²) < 4.78 is 43.6. The highest BCUT2D eigenvalue weighted by Gasteiger charge is 2.48. The molecular formula is C19H18F2N4O5S. The molecule has 2 bridgehead atoms. The highest BCUT2D eigenvalue weighted by molar-refractivity contribution is 7.13. The zero-order valence-corrected chi connectivity index (χ0v) is 17.1. The van der Waals surface area contributed by atoms with Crippen LogP contribution in [0.1, 0.15) is 6.42 Å². The Morgan fingerprint density at radius 3 is 2.81 bits per heavy atom. The van der Waals surface area contributed by atoms with Crippen molar-refractivity contribution < 1.29 is 32.6 Å². The molecule has 6 rings (SSSR count). The number of carbonyl (C=O) groups is 1. The van der Waals surface area contributed by atoms with Gasteiger partial charge in [-0.05, 0) is 18.6 Å². The Morgan fingerprint density at radius 2 is 2.16 bits per heavy atom. The maximum atomic E-state index is 14.1. The quantitative estimate of drug-likeness (QED) is 0.606. The van der Waals surface area contributed by atoms with E-state index in [9.17, 15) is 18.7 Å². The van der Waals surface area contributed by atoms with Gasteiger partial charge in [-0.1, -0.05) is 0 Å². The standard InChI is InChI=1S/C19H18F2N4O5S/c1-28-9-19(20,21)30-13-3-2-12(16-22-4-5-31-16)15-14(13)23-17(29-15)24-7-10-6-11(8-24)25(10)18(26)27/h2-5,10-11H,6-9H2,1H3,(H,26,27). The summed E-state index contributed by atoms with van der Waals surface area (Å²) in [5, 5.41) is 11.8. The molecule has 2 aromatic heterocycles. The maximum Gasteiger partial charge on any atom is 0.421 e. The Balaban J connectivity index is 1.53. The van der Waals surface area contributed by atoms with Crippen LogP contribution < -0.4 is 9.64 Å². The lowest BCUT2D eigenvalue weighted by Crippen LogP contribution is -2.70. The van der Waals surface area contributed by atoms with Crippen LogP contribution in [-0.2, 0) is 4.74 Å². The average molecular weight is 452 g/mol. The van der Waals surface area contributed by atoms with E-state index in [4.69, 9.17) is 9.15 Å². The van der Waals surface area contributed by atoms with E-state index in [-0.39, 0.29) is 34.9 Å². The Kier molecular flexibility index (Phi) is 4.70. The summed E-state index contributed by atoms with van der Waals surface area (Å²) >= 11 is 1.38. The number of anilines is 1. The van der Waals surface area contributed by atoms with Gasteiger partial charge >= 0.3 is 12.2 Å². The number of piperidine rings is 1. The molecule has 5 heterocycles. The number of halogens is 2. The Morgan fingerprint density at radius 1 is 1.39 bits per heavy atom. The Labute approximate surface area is 178 Å². The van der Waals surface area contributed by atoms with E-state index >= 15 is 0 Å². The lowest BCUT2D eigenvalue weighted by molar-refractivity contribution is -0.205. The fourth-order valence-electron chi connectivity index (χ4n) is 4.15. The van der Waals surface area contributed by atoms with Gasteiger partial charge in [0.05, 0.1) is 17.6 Å². The van der Waals surface area contributed by atoms with Crippen LogP contribution in [0, 0.1) is 0 Å². The second-order valence-electron chi connectivity index (χ2n) is 7.43. The molecule has 164 valence electrons. The fourth-order valence-corrected chi connectivity index (χ4v) is 4.81. The highest BCUT2D eigenvalue weighted by Crippen LogP contribution is 2.41. The number of aromatic nitrogens is 2. The van der Waals surface area contributed by atoms with Crippen LogP contribution in [0.4, 0.5) is 19.6 Å². The fraction of sp³-hybridized carbons (Fsp3) is 0.421. The number of rotatable bonds is 6. The van der Waals surface area contributed by atoms with E-state index in [1.807, 2.05) is 4.90 Å². The Hall–Kier alpha value is -2.99. The van der Waals surface area contributed by atoms with E-state index in [0.717, 1.165) is 13.5 Å². The molecule has 3 saturated heterocycles. The predicted molar refractivity (Wildman–Crippen MR) is 107 cm³/mol. The molecule has 0 radical (unpaired) electrons. The van der Waals surface area contributed by atoms with Crippen LogP contribution in [0.25, 0.3) is 21.7 Å². The summed E-state index contributed by atoms with van der Waals surface area (Å²) in [5.74, 6) is -0.137. The highest BCUT2D eigenvalue weighted by atomic mass is 32.1. The van der Waals surface area contributed by atoms with Crippen molar-refractivity contribution in [1.29, 1.82) is 0 Å². The molecule has 3 fully saturated rings. The van der Waals surface area contributed by atoms with Crippen LogP contribution >= 0.6 is 11.3 Å². The zero-order chi connectivity index (χ0) is 21.8. The number of oxazole rings is 1. The molecule has 1 amide bonds. The molecule has 1 aromatic carbocycles. The van der Waals surface area contributed by atoms with Crippen LogP contribution in [0.15, 0.2) is 28.1 Å². The number of methoxy groups -OCH3 is 1. The van der Waals surface area contributed by atoms with Crippen molar-refractivity contribution >= 4 is 34.5 Å². The van der Waals surface area contributed by atoms with Crippen LogP contribution in [0.5, 0.6) is 5.75 Å². The lowest BCUT2D eigenvalue weighted by Gasteiger charge is -2.54. The number of piperazine rings is 1. The number of carboxylic acid groups (broad SMARTS) is 1. The number of hydrogen-bond donors (Lipinski definition) is 1. The molecule has 31 heavy (non-hydrogen) atoms. The smallest absolute Gasteiger partial charge is 0.421 e. The predicted octanol–water partition coefficient (Wildman–Crippen LogP) is 3.51. The average Bonchev–Trinajstić information content (AvgIpc) is 3.38. The van der Waals surface area contributed by atoms with E-state index in [1.54, 1.807) is 17.6 Å². The van der Waals surface area contributed by atoms with Gasteiger partial charge in [0.2, 0.25) is 0 Å². The summed E-state index contributed by atoms with van der Waals surface area (Å²) in [4.78, 5) is 23.3. The molecule has 9 nitrogen and oxygen atoms in total. The minimum absolute atomic E-state index is 0.137. The second-order valence-corrected chi connectivity index (χ2v) is 8.33. The minimum atomic E-state index is -3.54. The zero-order valence-electron chi connectivity index (χ0n) is 16.3. The van der Waals surface area contributed by atoms with E-state index in [1.165, 1.54) is 22.3 Å². The third kappa shape index (κ3) is 3.45. The first-order valence-corrected chi connectivity index (χ1v) is 10.4. The van der Waals surface area contributed by atoms with Gasteiger partial charge < -0.3 is 23.9 Å². The summed E-state index contributed by atoms with van der Waals surface area (Å²) in [6.07, 6.45) is -2.07. The number of alkyl halides is 2. The molecule has 0 spiro atoms. The van der Waals surface area contributed by atoms with Gasteiger partial charge in [0.15, 0.2) is 16.8 Å². The van der Waals surface area contributed by atoms with Crippen LogP contribution in [0.3, 0.4) is 0 Å². The van der Waals surface area contributed by atoms with Crippen molar-refractivity contribution in [3.63, 3.8) is 0 Å². The first-order chi connectivity index (χ1) is 14.9. The van der Waals surface area contributed by atoms with Crippen molar-refractivity contribution in [2.75, 3.05) is 31.7 Å². The summed E-state index contributed by atoms with van der Waals surface area (Å²) in [5.41, 5.74) is 1.04. The van der Waals surface area contributed by atoms with E-state index < -0.39 is 18.8 Å². The molecule has 12 heteroatoms. The SMILES string of the molecule is COCC(F)(F)Oc1ccc(-c2nccs2)c2oc(N3CC4CC(C3)N4C(=O)O)nc12. The molecule has 1 N–H and O–H groups in total. The summed E-state index contributed by atoms with van der Waals surface area (Å²) in [6.45, 7) is -0.0790. The monoisotopic (exact) mass is 452 g/mol. The number of nitrogens with zero attached hydrogens (tertiary/aromatic N) is 4. The van der Waals surface area contributed by atoms with Crippen molar-refractivity contribution in [3.05, 3.63) is 23.7 Å². The minimum Gasteiger partial charge on any atom is -0.465 e.